The molecule has 188 valence electrons. The summed E-state index contributed by atoms with van der Waals surface area (Å²) < 4.78 is 9.92. The van der Waals surface area contributed by atoms with E-state index in [1.807, 2.05) is 30.4 Å². The van der Waals surface area contributed by atoms with Gasteiger partial charge in [-0.05, 0) is 55.7 Å². The molecule has 0 spiro atoms. The van der Waals surface area contributed by atoms with E-state index in [0.29, 0.717) is 22.3 Å². The van der Waals surface area contributed by atoms with Gasteiger partial charge in [-0.3, -0.25) is 9.59 Å². The van der Waals surface area contributed by atoms with Crippen LogP contribution in [0.4, 0.5) is 11.8 Å². The van der Waals surface area contributed by atoms with Crippen molar-refractivity contribution in [3.8, 4) is 0 Å². The quantitative estimate of drug-likeness (QED) is 0.286. The number of hydrogen-bond donors (Lipinski definition) is 3. The van der Waals surface area contributed by atoms with E-state index in [0.717, 1.165) is 11.1 Å². The largest absolute Gasteiger partial charge is 0.466 e. The Kier molecular flexibility index (Phi) is 8.93. The van der Waals surface area contributed by atoms with Crippen molar-refractivity contribution in [3.63, 3.8) is 0 Å². The van der Waals surface area contributed by atoms with Gasteiger partial charge in [0.1, 0.15) is 11.9 Å². The van der Waals surface area contributed by atoms with Crippen molar-refractivity contribution in [2.24, 2.45) is 0 Å². The summed E-state index contributed by atoms with van der Waals surface area (Å²) in [7, 11) is 0. The molecule has 10 nitrogen and oxygen atoms in total. The Morgan fingerprint density at radius 2 is 1.61 bits per heavy atom. The van der Waals surface area contributed by atoms with Crippen molar-refractivity contribution < 1.29 is 23.9 Å². The van der Waals surface area contributed by atoms with Gasteiger partial charge < -0.3 is 26.3 Å². The Bertz CT molecular complexity index is 1270. The molecule has 1 unspecified atom stereocenters. The third-order valence-electron chi connectivity index (χ3n) is 5.23. The normalized spacial score (nSPS) is 11.8. The van der Waals surface area contributed by atoms with E-state index < -0.39 is 23.9 Å². The number of benzene rings is 2. The summed E-state index contributed by atoms with van der Waals surface area (Å²) in [5.41, 5.74) is 14.4. The number of esters is 2. The van der Waals surface area contributed by atoms with Crippen molar-refractivity contribution in [3.05, 3.63) is 59.2 Å². The van der Waals surface area contributed by atoms with Crippen molar-refractivity contribution in [1.29, 1.82) is 0 Å². The summed E-state index contributed by atoms with van der Waals surface area (Å²) in [5.74, 6) is -1.05. The maximum Gasteiger partial charge on any atom is 0.328 e. The van der Waals surface area contributed by atoms with Crippen LogP contribution >= 0.6 is 0 Å². The van der Waals surface area contributed by atoms with E-state index in [9.17, 15) is 14.4 Å². The first-order valence-electron chi connectivity index (χ1n) is 11.5. The van der Waals surface area contributed by atoms with E-state index in [2.05, 4.69) is 15.3 Å². The molecule has 0 aliphatic carbocycles. The molecule has 1 atom stereocenters. The van der Waals surface area contributed by atoms with E-state index in [1.165, 1.54) is 0 Å². The predicted octanol–water partition coefficient (Wildman–Crippen LogP) is 2.97. The summed E-state index contributed by atoms with van der Waals surface area (Å²) in [6, 6.07) is 11.5. The van der Waals surface area contributed by atoms with E-state index in [-0.39, 0.29) is 32.0 Å². The van der Waals surface area contributed by atoms with Gasteiger partial charge in [0, 0.05) is 17.4 Å². The lowest BCUT2D eigenvalue weighted by Crippen LogP contribution is -2.42. The minimum atomic E-state index is -0.957. The monoisotopic (exact) mass is 491 g/mol. The van der Waals surface area contributed by atoms with Crippen LogP contribution in [0.2, 0.25) is 0 Å². The van der Waals surface area contributed by atoms with E-state index in [1.54, 1.807) is 38.1 Å². The highest BCUT2D eigenvalue weighted by Gasteiger charge is 2.24. The molecule has 0 radical (unpaired) electrons. The molecular weight excluding hydrogens is 462 g/mol. The summed E-state index contributed by atoms with van der Waals surface area (Å²) in [6.07, 6.45) is 3.86. The lowest BCUT2D eigenvalue weighted by atomic mass is 10.1. The number of nitrogens with one attached hydrogen (secondary N) is 1. The van der Waals surface area contributed by atoms with Crippen LogP contribution in [0, 0.1) is 0 Å². The highest BCUT2D eigenvalue weighted by atomic mass is 16.5. The first-order chi connectivity index (χ1) is 17.3. The number of ether oxygens (including phenoxy) is 2. The molecule has 2 aromatic carbocycles. The Labute approximate surface area is 208 Å². The van der Waals surface area contributed by atoms with Gasteiger partial charge in [0.2, 0.25) is 5.95 Å². The standard InChI is InChI=1S/C26H29N5O5/c1-3-35-22(32)14-13-21(25(34)36-4-2)29-24(33)18-10-7-16(8-11-18)5-6-17-9-12-20-19(15-17)23(27)31-26(28)30-20/h5-12,15,21H,3-4,13-14H2,1-2H3,(H,29,33)(H4,27,28,30,31)/b6-5+. The topological polar surface area (TPSA) is 160 Å². The zero-order valence-electron chi connectivity index (χ0n) is 20.2. The van der Waals surface area contributed by atoms with Crippen molar-refractivity contribution in [2.45, 2.75) is 32.7 Å². The Morgan fingerprint density at radius 3 is 2.31 bits per heavy atom. The number of rotatable bonds is 10. The van der Waals surface area contributed by atoms with Gasteiger partial charge in [-0.2, -0.15) is 4.98 Å². The summed E-state index contributed by atoms with van der Waals surface area (Å²) >= 11 is 0. The van der Waals surface area contributed by atoms with Crippen LogP contribution in [0.15, 0.2) is 42.5 Å². The van der Waals surface area contributed by atoms with Gasteiger partial charge in [0.05, 0.1) is 18.7 Å². The number of hydrogen-bond acceptors (Lipinski definition) is 9. The van der Waals surface area contributed by atoms with Gasteiger partial charge in [-0.1, -0.05) is 30.4 Å². The number of carbonyl (C=O) groups is 3. The third-order valence-corrected chi connectivity index (χ3v) is 5.23. The second kappa shape index (κ2) is 12.3. The van der Waals surface area contributed by atoms with E-state index in [4.69, 9.17) is 20.9 Å². The molecule has 1 heterocycles. The fourth-order valence-electron chi connectivity index (χ4n) is 3.46. The molecule has 5 N–H and O–H groups in total. The molecule has 0 saturated heterocycles. The number of nitrogen functional groups attached to an aromatic ring is 2. The van der Waals surface area contributed by atoms with Crippen molar-refractivity contribution >= 4 is 52.7 Å². The Balaban J connectivity index is 1.67. The molecule has 0 saturated carbocycles. The van der Waals surface area contributed by atoms with Crippen LogP contribution < -0.4 is 16.8 Å². The second-order valence-corrected chi connectivity index (χ2v) is 7.82. The smallest absolute Gasteiger partial charge is 0.328 e. The molecule has 0 aliphatic heterocycles. The fourth-order valence-corrected chi connectivity index (χ4v) is 3.46. The van der Waals surface area contributed by atoms with Gasteiger partial charge >= 0.3 is 11.9 Å². The number of anilines is 2. The van der Waals surface area contributed by atoms with Gasteiger partial charge in [-0.15, -0.1) is 0 Å². The average Bonchev–Trinajstić information content (AvgIpc) is 2.85. The zero-order chi connectivity index (χ0) is 26.1. The lowest BCUT2D eigenvalue weighted by Gasteiger charge is -2.17. The summed E-state index contributed by atoms with van der Waals surface area (Å²) in [6.45, 7) is 3.78. The first kappa shape index (κ1) is 26.1. The van der Waals surface area contributed by atoms with Crippen LogP contribution in [-0.4, -0.2) is 47.1 Å². The van der Waals surface area contributed by atoms with Gasteiger partial charge in [0.15, 0.2) is 0 Å². The highest BCUT2D eigenvalue weighted by Crippen LogP contribution is 2.21. The minimum absolute atomic E-state index is 0.0126. The highest BCUT2D eigenvalue weighted by molar-refractivity contribution is 5.97. The fraction of sp³-hybridized carbons (Fsp3) is 0.269. The first-order valence-corrected chi connectivity index (χ1v) is 11.5. The molecule has 36 heavy (non-hydrogen) atoms. The molecule has 0 aliphatic rings. The number of fused-ring (bicyclic) bond motifs is 1. The number of nitrogens with two attached hydrogens (primary N) is 2. The number of nitrogens with zero attached hydrogens (tertiary/aromatic N) is 2. The summed E-state index contributed by atoms with van der Waals surface area (Å²) in [4.78, 5) is 44.8. The number of amides is 1. The number of carbonyl (C=O) groups excluding carboxylic acids is 3. The maximum atomic E-state index is 12.7. The van der Waals surface area contributed by atoms with Crippen LogP contribution in [0.3, 0.4) is 0 Å². The predicted molar refractivity (Wildman–Crippen MR) is 137 cm³/mol. The molecule has 1 aromatic heterocycles. The van der Waals surface area contributed by atoms with Crippen LogP contribution in [0.25, 0.3) is 23.1 Å². The van der Waals surface area contributed by atoms with Gasteiger partial charge in [0.25, 0.3) is 5.91 Å². The Morgan fingerprint density at radius 1 is 0.944 bits per heavy atom. The molecule has 3 rings (SSSR count). The number of aromatic nitrogens is 2. The molecule has 3 aromatic rings. The molecular formula is C26H29N5O5. The molecule has 10 heteroatoms. The van der Waals surface area contributed by atoms with Crippen molar-refractivity contribution in [1.82, 2.24) is 15.3 Å². The van der Waals surface area contributed by atoms with Crippen LogP contribution in [-0.2, 0) is 19.1 Å². The van der Waals surface area contributed by atoms with Crippen molar-refractivity contribution in [2.75, 3.05) is 24.7 Å². The SMILES string of the molecule is CCOC(=O)CCC(NC(=O)c1ccc(/C=C/c2ccc3nc(N)nc(N)c3c2)cc1)C(=O)OCC. The van der Waals surface area contributed by atoms with Crippen LogP contribution in [0.1, 0.15) is 48.2 Å². The zero-order valence-corrected chi connectivity index (χ0v) is 20.2. The Hall–Kier alpha value is -4.47. The average molecular weight is 492 g/mol. The second-order valence-electron chi connectivity index (χ2n) is 7.82. The third kappa shape index (κ3) is 7.02. The molecule has 0 fully saturated rings. The summed E-state index contributed by atoms with van der Waals surface area (Å²) in [5, 5.41) is 3.35. The lowest BCUT2D eigenvalue weighted by molar-refractivity contribution is -0.146. The van der Waals surface area contributed by atoms with Gasteiger partial charge in [-0.25, -0.2) is 9.78 Å². The maximum absolute atomic E-state index is 12.7. The molecule has 1 amide bonds. The molecule has 0 bridgehead atoms. The minimum Gasteiger partial charge on any atom is -0.466 e. The van der Waals surface area contributed by atoms with E-state index >= 15 is 0 Å². The van der Waals surface area contributed by atoms with Crippen LogP contribution in [0.5, 0.6) is 0 Å².